The van der Waals surface area contributed by atoms with E-state index in [9.17, 15) is 14.9 Å². The van der Waals surface area contributed by atoms with E-state index in [2.05, 4.69) is 10.1 Å². The number of nitriles is 1. The van der Waals surface area contributed by atoms with Gasteiger partial charge < -0.3 is 14.8 Å². The third kappa shape index (κ3) is 5.60. The van der Waals surface area contributed by atoms with E-state index in [0.717, 1.165) is 11.1 Å². The maximum Gasteiger partial charge on any atom is 0.343 e. The number of hydrogen-bond donors (Lipinski definition) is 1. The van der Waals surface area contributed by atoms with Crippen LogP contribution in [-0.2, 0) is 14.3 Å². The molecule has 0 heterocycles. The van der Waals surface area contributed by atoms with E-state index in [1.807, 2.05) is 38.1 Å². The summed E-state index contributed by atoms with van der Waals surface area (Å²) in [6.45, 7) is 3.52. The molecule has 0 saturated carbocycles. The first-order chi connectivity index (χ1) is 13.3. The van der Waals surface area contributed by atoms with Crippen molar-refractivity contribution in [2.45, 2.75) is 13.8 Å². The predicted octanol–water partition coefficient (Wildman–Crippen LogP) is 4.05. The molecule has 2 aromatic carbocycles. The van der Waals surface area contributed by atoms with E-state index >= 15 is 0 Å². The molecule has 1 N–H and O–H groups in total. The molecule has 7 heteroatoms. The van der Waals surface area contributed by atoms with Crippen LogP contribution >= 0.6 is 11.6 Å². The Morgan fingerprint density at radius 1 is 1.21 bits per heavy atom. The summed E-state index contributed by atoms with van der Waals surface area (Å²) in [5.41, 5.74) is 3.02. The molecule has 0 saturated heterocycles. The molecule has 0 aliphatic rings. The van der Waals surface area contributed by atoms with Crippen LogP contribution in [0.3, 0.4) is 0 Å². The van der Waals surface area contributed by atoms with Crippen molar-refractivity contribution in [1.82, 2.24) is 0 Å². The first-order valence-corrected chi connectivity index (χ1v) is 8.71. The second-order valence-corrected chi connectivity index (χ2v) is 6.40. The third-order valence-electron chi connectivity index (χ3n) is 3.85. The minimum Gasteiger partial charge on any atom is -0.480 e. The lowest BCUT2D eigenvalue weighted by Crippen LogP contribution is -2.14. The van der Waals surface area contributed by atoms with Gasteiger partial charge in [-0.2, -0.15) is 5.26 Å². The molecule has 2 aromatic rings. The summed E-state index contributed by atoms with van der Waals surface area (Å²) >= 11 is 6.14. The van der Waals surface area contributed by atoms with Crippen molar-refractivity contribution >= 4 is 35.2 Å². The summed E-state index contributed by atoms with van der Waals surface area (Å²) in [6.07, 6.45) is 1.43. The van der Waals surface area contributed by atoms with Crippen molar-refractivity contribution in [3.05, 3.63) is 63.7 Å². The predicted molar refractivity (Wildman–Crippen MR) is 107 cm³/mol. The quantitative estimate of drug-likeness (QED) is 0.450. The third-order valence-corrected chi connectivity index (χ3v) is 4.14. The van der Waals surface area contributed by atoms with Gasteiger partial charge in [0.05, 0.1) is 12.1 Å². The van der Waals surface area contributed by atoms with E-state index in [1.54, 1.807) is 12.1 Å². The average molecular weight is 399 g/mol. The number of nitrogens with one attached hydrogen (secondary N) is 1. The van der Waals surface area contributed by atoms with Crippen molar-refractivity contribution in [2.24, 2.45) is 0 Å². The molecule has 1 amide bonds. The zero-order valence-corrected chi connectivity index (χ0v) is 16.5. The summed E-state index contributed by atoms with van der Waals surface area (Å²) in [7, 11) is 1.26. The number of hydrogen-bond acceptors (Lipinski definition) is 5. The van der Waals surface area contributed by atoms with Gasteiger partial charge in [0.2, 0.25) is 0 Å². The van der Waals surface area contributed by atoms with Crippen molar-refractivity contribution in [2.75, 3.05) is 19.0 Å². The van der Waals surface area contributed by atoms with Crippen LogP contribution < -0.4 is 10.1 Å². The zero-order chi connectivity index (χ0) is 20.7. The number of nitrogens with zero attached hydrogens (tertiary/aromatic N) is 1. The molecule has 0 aliphatic carbocycles. The first-order valence-electron chi connectivity index (χ1n) is 8.33. The SMILES string of the molecule is COC(=O)COc1ccc(/C=C(\C#N)C(=O)Nc2cc(C)ccc2C)cc1Cl. The highest BCUT2D eigenvalue weighted by Gasteiger charge is 2.12. The minimum atomic E-state index is -0.532. The number of carbonyl (C=O) groups excluding carboxylic acids is 2. The zero-order valence-electron chi connectivity index (χ0n) is 15.7. The fourth-order valence-corrected chi connectivity index (χ4v) is 2.54. The fraction of sp³-hybridized carbons (Fsp3) is 0.190. The molecule has 0 bridgehead atoms. The minimum absolute atomic E-state index is 0.0693. The molecule has 144 valence electrons. The van der Waals surface area contributed by atoms with Gasteiger partial charge >= 0.3 is 5.97 Å². The molecule has 0 fully saturated rings. The monoisotopic (exact) mass is 398 g/mol. The molecule has 0 atom stereocenters. The summed E-state index contributed by atoms with van der Waals surface area (Å²) in [6, 6.07) is 12.3. The second kappa shape index (κ2) is 9.58. The van der Waals surface area contributed by atoms with Gasteiger partial charge in [0.15, 0.2) is 6.61 Å². The molecule has 28 heavy (non-hydrogen) atoms. The second-order valence-electron chi connectivity index (χ2n) is 6.00. The average Bonchev–Trinajstić information content (AvgIpc) is 2.67. The lowest BCUT2D eigenvalue weighted by molar-refractivity contribution is -0.142. The normalized spacial score (nSPS) is 10.8. The highest BCUT2D eigenvalue weighted by atomic mass is 35.5. The van der Waals surface area contributed by atoms with Crippen LogP contribution in [0.1, 0.15) is 16.7 Å². The Kier molecular flexibility index (Phi) is 7.19. The molecular weight excluding hydrogens is 380 g/mol. The van der Waals surface area contributed by atoms with Gasteiger partial charge in [0, 0.05) is 5.69 Å². The number of amides is 1. The Labute approximate surface area is 168 Å². The van der Waals surface area contributed by atoms with Gasteiger partial charge in [-0.15, -0.1) is 0 Å². The number of anilines is 1. The Bertz CT molecular complexity index is 977. The number of ether oxygens (including phenoxy) is 2. The van der Waals surface area contributed by atoms with E-state index in [4.69, 9.17) is 16.3 Å². The molecule has 0 aromatic heterocycles. The van der Waals surface area contributed by atoms with Gasteiger partial charge in [0.25, 0.3) is 5.91 Å². The summed E-state index contributed by atoms with van der Waals surface area (Å²) in [5, 5.41) is 12.4. The summed E-state index contributed by atoms with van der Waals surface area (Å²) < 4.78 is 9.75. The summed E-state index contributed by atoms with van der Waals surface area (Å²) in [5.74, 6) is -0.754. The number of carbonyl (C=O) groups is 2. The van der Waals surface area contributed by atoms with Crippen molar-refractivity contribution in [3.63, 3.8) is 0 Å². The van der Waals surface area contributed by atoms with Crippen molar-refractivity contribution in [1.29, 1.82) is 5.26 Å². The highest BCUT2D eigenvalue weighted by Crippen LogP contribution is 2.26. The lowest BCUT2D eigenvalue weighted by Gasteiger charge is -2.09. The van der Waals surface area contributed by atoms with Gasteiger partial charge in [-0.25, -0.2) is 4.79 Å². The van der Waals surface area contributed by atoms with Crippen LogP contribution in [0.4, 0.5) is 5.69 Å². The largest absolute Gasteiger partial charge is 0.480 e. The van der Waals surface area contributed by atoms with Crippen LogP contribution in [0.2, 0.25) is 5.02 Å². The van der Waals surface area contributed by atoms with Crippen molar-refractivity contribution < 1.29 is 19.1 Å². The van der Waals surface area contributed by atoms with Gasteiger partial charge in [0.1, 0.15) is 17.4 Å². The molecule has 6 nitrogen and oxygen atoms in total. The van der Waals surface area contributed by atoms with Crippen LogP contribution in [0, 0.1) is 25.2 Å². The lowest BCUT2D eigenvalue weighted by atomic mass is 10.1. The Morgan fingerprint density at radius 3 is 2.61 bits per heavy atom. The van der Waals surface area contributed by atoms with Gasteiger partial charge in [-0.1, -0.05) is 29.8 Å². The van der Waals surface area contributed by atoms with Crippen LogP contribution in [0.25, 0.3) is 6.08 Å². The maximum atomic E-state index is 12.5. The molecule has 0 radical (unpaired) electrons. The first kappa shape index (κ1) is 21.0. The standard InChI is InChI=1S/C21H19ClN2O4/c1-13-4-5-14(2)18(8-13)24-21(26)16(11-23)9-15-6-7-19(17(22)10-15)28-12-20(25)27-3/h4-10H,12H2,1-3H3,(H,24,26)/b16-9+. The molecule has 0 unspecified atom stereocenters. The fourth-order valence-electron chi connectivity index (χ4n) is 2.29. The van der Waals surface area contributed by atoms with Crippen LogP contribution in [0.15, 0.2) is 42.0 Å². The molecule has 0 aliphatic heterocycles. The Hall–Kier alpha value is -3.30. The molecule has 0 spiro atoms. The van der Waals surface area contributed by atoms with E-state index in [1.165, 1.54) is 19.3 Å². The summed E-state index contributed by atoms with van der Waals surface area (Å²) in [4.78, 5) is 23.6. The number of aryl methyl sites for hydroxylation is 2. The van der Waals surface area contributed by atoms with Gasteiger partial charge in [-0.05, 0) is 54.8 Å². The topological polar surface area (TPSA) is 88.4 Å². The van der Waals surface area contributed by atoms with E-state index < -0.39 is 11.9 Å². The van der Waals surface area contributed by atoms with Crippen LogP contribution in [-0.4, -0.2) is 25.6 Å². The Balaban J connectivity index is 2.18. The smallest absolute Gasteiger partial charge is 0.343 e. The highest BCUT2D eigenvalue weighted by molar-refractivity contribution is 6.32. The number of rotatable bonds is 6. The maximum absolute atomic E-state index is 12.5. The number of methoxy groups -OCH3 is 1. The molecular formula is C21H19ClN2O4. The van der Waals surface area contributed by atoms with E-state index in [0.29, 0.717) is 17.0 Å². The Morgan fingerprint density at radius 2 is 1.96 bits per heavy atom. The number of halogens is 1. The van der Waals surface area contributed by atoms with Crippen LogP contribution in [0.5, 0.6) is 5.75 Å². The van der Waals surface area contributed by atoms with E-state index in [-0.39, 0.29) is 17.2 Å². The molecule has 2 rings (SSSR count). The number of esters is 1. The van der Waals surface area contributed by atoms with Gasteiger partial charge in [-0.3, -0.25) is 4.79 Å². The van der Waals surface area contributed by atoms with Crippen molar-refractivity contribution in [3.8, 4) is 11.8 Å². The number of benzene rings is 2.